The first-order valence-corrected chi connectivity index (χ1v) is 6.47. The minimum atomic E-state index is -0.0568. The van der Waals surface area contributed by atoms with E-state index in [1.807, 2.05) is 0 Å². The van der Waals surface area contributed by atoms with Crippen molar-refractivity contribution < 1.29 is 9.52 Å². The molecule has 0 radical (unpaired) electrons. The van der Waals surface area contributed by atoms with E-state index >= 15 is 0 Å². The highest BCUT2D eigenvalue weighted by molar-refractivity contribution is 4.94. The molecule has 1 fully saturated rings. The molecule has 96 valence electrons. The second-order valence-corrected chi connectivity index (χ2v) is 5.16. The normalized spacial score (nSPS) is 19.1. The summed E-state index contributed by atoms with van der Waals surface area (Å²) in [6.45, 7) is 6.80. The zero-order valence-corrected chi connectivity index (χ0v) is 10.7. The smallest absolute Gasteiger partial charge is 0.194 e. The van der Waals surface area contributed by atoms with E-state index in [0.717, 1.165) is 12.3 Å². The highest BCUT2D eigenvalue weighted by atomic mass is 16.4. The monoisotopic (exact) mass is 238 g/mol. The van der Waals surface area contributed by atoms with Crippen molar-refractivity contribution in [1.29, 1.82) is 0 Å². The van der Waals surface area contributed by atoms with Crippen LogP contribution in [0.5, 0.6) is 0 Å². The SMILES string of the molecule is CC(C)N1CCC(Cc2ncc(CO)o2)CC1. The number of rotatable bonds is 4. The van der Waals surface area contributed by atoms with Gasteiger partial charge < -0.3 is 14.4 Å². The van der Waals surface area contributed by atoms with Crippen molar-refractivity contribution in [3.05, 3.63) is 17.8 Å². The van der Waals surface area contributed by atoms with Crippen molar-refractivity contribution in [1.82, 2.24) is 9.88 Å². The van der Waals surface area contributed by atoms with Crippen molar-refractivity contribution in [2.24, 2.45) is 5.92 Å². The van der Waals surface area contributed by atoms with Crippen LogP contribution in [0.15, 0.2) is 10.6 Å². The molecule has 0 aromatic carbocycles. The molecule has 17 heavy (non-hydrogen) atoms. The molecule has 1 aromatic heterocycles. The van der Waals surface area contributed by atoms with E-state index in [9.17, 15) is 0 Å². The molecule has 0 spiro atoms. The molecule has 0 unspecified atom stereocenters. The lowest BCUT2D eigenvalue weighted by Crippen LogP contribution is -2.38. The van der Waals surface area contributed by atoms with Crippen LogP contribution in [0.1, 0.15) is 38.3 Å². The summed E-state index contributed by atoms with van der Waals surface area (Å²) < 4.78 is 5.44. The van der Waals surface area contributed by atoms with Gasteiger partial charge in [-0.05, 0) is 45.7 Å². The number of piperidine rings is 1. The topological polar surface area (TPSA) is 49.5 Å². The molecule has 0 atom stereocenters. The van der Waals surface area contributed by atoms with Gasteiger partial charge in [0, 0.05) is 12.5 Å². The average Bonchev–Trinajstić information content (AvgIpc) is 2.77. The second-order valence-electron chi connectivity index (χ2n) is 5.16. The first kappa shape index (κ1) is 12.6. The van der Waals surface area contributed by atoms with Gasteiger partial charge in [-0.3, -0.25) is 0 Å². The molecule has 1 aromatic rings. The van der Waals surface area contributed by atoms with Gasteiger partial charge in [-0.1, -0.05) is 0 Å². The van der Waals surface area contributed by atoms with Crippen LogP contribution >= 0.6 is 0 Å². The highest BCUT2D eigenvalue weighted by Crippen LogP contribution is 2.22. The van der Waals surface area contributed by atoms with Gasteiger partial charge in [0.1, 0.15) is 12.4 Å². The summed E-state index contributed by atoms with van der Waals surface area (Å²) in [4.78, 5) is 6.71. The van der Waals surface area contributed by atoms with Gasteiger partial charge in [0.2, 0.25) is 0 Å². The maximum atomic E-state index is 8.91. The number of aliphatic hydroxyl groups excluding tert-OH is 1. The molecule has 1 saturated heterocycles. The van der Waals surface area contributed by atoms with Crippen LogP contribution in [-0.2, 0) is 13.0 Å². The van der Waals surface area contributed by atoms with E-state index in [4.69, 9.17) is 9.52 Å². The minimum Gasteiger partial charge on any atom is -0.443 e. The van der Waals surface area contributed by atoms with Gasteiger partial charge in [0.05, 0.1) is 6.20 Å². The number of hydrogen-bond acceptors (Lipinski definition) is 4. The second kappa shape index (κ2) is 5.65. The maximum Gasteiger partial charge on any atom is 0.194 e. The lowest BCUT2D eigenvalue weighted by Gasteiger charge is -2.34. The Morgan fingerprint density at radius 3 is 2.71 bits per heavy atom. The first-order chi connectivity index (χ1) is 8.19. The standard InChI is InChI=1S/C13H22N2O2/c1-10(2)15-5-3-11(4-6-15)7-13-14-8-12(9-16)17-13/h8,10-11,16H,3-7,9H2,1-2H3. The van der Waals surface area contributed by atoms with Gasteiger partial charge in [-0.15, -0.1) is 0 Å². The van der Waals surface area contributed by atoms with Crippen LogP contribution in [0.4, 0.5) is 0 Å². The fourth-order valence-corrected chi connectivity index (χ4v) is 2.44. The third-order valence-electron chi connectivity index (χ3n) is 3.60. The predicted octanol–water partition coefficient (Wildman–Crippen LogP) is 1.83. The number of oxazole rings is 1. The Bertz CT molecular complexity index is 341. The molecule has 4 heteroatoms. The van der Waals surface area contributed by atoms with E-state index in [-0.39, 0.29) is 6.61 Å². The summed E-state index contributed by atoms with van der Waals surface area (Å²) in [5, 5.41) is 8.91. The summed E-state index contributed by atoms with van der Waals surface area (Å²) in [7, 11) is 0. The Kier molecular flexibility index (Phi) is 4.18. The molecule has 1 aliphatic heterocycles. The zero-order chi connectivity index (χ0) is 12.3. The Morgan fingerprint density at radius 2 is 2.18 bits per heavy atom. The van der Waals surface area contributed by atoms with Crippen LogP contribution < -0.4 is 0 Å². The Morgan fingerprint density at radius 1 is 1.47 bits per heavy atom. The predicted molar refractivity (Wildman–Crippen MR) is 65.6 cm³/mol. The van der Waals surface area contributed by atoms with E-state index in [1.165, 1.54) is 25.9 Å². The van der Waals surface area contributed by atoms with Crippen LogP contribution in [-0.4, -0.2) is 34.1 Å². The summed E-state index contributed by atoms with van der Waals surface area (Å²) in [5.41, 5.74) is 0. The fraction of sp³-hybridized carbons (Fsp3) is 0.769. The molecule has 4 nitrogen and oxygen atoms in total. The number of hydrogen-bond donors (Lipinski definition) is 1. The first-order valence-electron chi connectivity index (χ1n) is 6.47. The molecule has 1 aliphatic rings. The molecule has 0 saturated carbocycles. The molecule has 0 amide bonds. The average molecular weight is 238 g/mol. The number of likely N-dealkylation sites (tertiary alicyclic amines) is 1. The quantitative estimate of drug-likeness (QED) is 0.869. The summed E-state index contributed by atoms with van der Waals surface area (Å²) in [5.74, 6) is 2.02. The fourth-order valence-electron chi connectivity index (χ4n) is 2.44. The third-order valence-corrected chi connectivity index (χ3v) is 3.60. The van der Waals surface area contributed by atoms with Crippen molar-refractivity contribution in [3.63, 3.8) is 0 Å². The van der Waals surface area contributed by atoms with Crippen LogP contribution in [0, 0.1) is 5.92 Å². The molecule has 2 rings (SSSR count). The Balaban J connectivity index is 1.81. The molecule has 0 aliphatic carbocycles. The van der Waals surface area contributed by atoms with Crippen LogP contribution in [0.3, 0.4) is 0 Å². The van der Waals surface area contributed by atoms with Gasteiger partial charge in [0.15, 0.2) is 5.89 Å². The number of nitrogens with zero attached hydrogens (tertiary/aromatic N) is 2. The molecule has 1 N–H and O–H groups in total. The lowest BCUT2D eigenvalue weighted by atomic mass is 9.93. The van der Waals surface area contributed by atoms with E-state index < -0.39 is 0 Å². The number of aliphatic hydroxyl groups is 1. The van der Waals surface area contributed by atoms with Crippen molar-refractivity contribution in [2.75, 3.05) is 13.1 Å². The van der Waals surface area contributed by atoms with Gasteiger partial charge in [-0.25, -0.2) is 4.98 Å². The van der Waals surface area contributed by atoms with Gasteiger partial charge in [-0.2, -0.15) is 0 Å². The molecule has 0 bridgehead atoms. The van der Waals surface area contributed by atoms with E-state index in [1.54, 1.807) is 6.20 Å². The third kappa shape index (κ3) is 3.30. The highest BCUT2D eigenvalue weighted by Gasteiger charge is 2.22. The van der Waals surface area contributed by atoms with Crippen molar-refractivity contribution in [3.8, 4) is 0 Å². The van der Waals surface area contributed by atoms with E-state index in [0.29, 0.717) is 17.7 Å². The minimum absolute atomic E-state index is 0.0568. The zero-order valence-electron chi connectivity index (χ0n) is 10.7. The number of aromatic nitrogens is 1. The van der Waals surface area contributed by atoms with Gasteiger partial charge >= 0.3 is 0 Å². The lowest BCUT2D eigenvalue weighted by molar-refractivity contribution is 0.145. The summed E-state index contributed by atoms with van der Waals surface area (Å²) >= 11 is 0. The Labute approximate surface area is 103 Å². The molecular formula is C13H22N2O2. The van der Waals surface area contributed by atoms with E-state index in [2.05, 4.69) is 23.7 Å². The van der Waals surface area contributed by atoms with Crippen LogP contribution in [0.25, 0.3) is 0 Å². The summed E-state index contributed by atoms with van der Waals surface area (Å²) in [6.07, 6.45) is 4.97. The van der Waals surface area contributed by atoms with Crippen molar-refractivity contribution in [2.45, 2.75) is 45.8 Å². The molecular weight excluding hydrogens is 216 g/mol. The maximum absolute atomic E-state index is 8.91. The largest absolute Gasteiger partial charge is 0.443 e. The Hall–Kier alpha value is -0.870. The van der Waals surface area contributed by atoms with Crippen LogP contribution in [0.2, 0.25) is 0 Å². The van der Waals surface area contributed by atoms with Crippen molar-refractivity contribution >= 4 is 0 Å². The summed E-state index contributed by atoms with van der Waals surface area (Å²) in [6, 6.07) is 0.652. The van der Waals surface area contributed by atoms with Gasteiger partial charge in [0.25, 0.3) is 0 Å². The molecule has 2 heterocycles.